The quantitative estimate of drug-likeness (QED) is 0.562. The molecule has 0 saturated heterocycles. The zero-order valence-electron chi connectivity index (χ0n) is 13.5. The average molecular weight is 350 g/mol. The molecular formula is C18H14N4O4. The van der Waals surface area contributed by atoms with Gasteiger partial charge in [-0.3, -0.25) is 24.7 Å². The van der Waals surface area contributed by atoms with E-state index in [1.807, 2.05) is 0 Å². The number of nitrogens with one attached hydrogen (secondary N) is 1. The van der Waals surface area contributed by atoms with Crippen molar-refractivity contribution in [1.29, 1.82) is 0 Å². The third kappa shape index (κ3) is 3.81. The van der Waals surface area contributed by atoms with Gasteiger partial charge in [-0.1, -0.05) is 12.1 Å². The molecule has 2 aromatic heterocycles. The van der Waals surface area contributed by atoms with Gasteiger partial charge in [0.25, 0.3) is 17.2 Å². The number of amides is 1. The molecular weight excluding hydrogens is 336 g/mol. The maximum atomic E-state index is 12.6. The van der Waals surface area contributed by atoms with Crippen LogP contribution in [0.15, 0.2) is 71.9 Å². The van der Waals surface area contributed by atoms with E-state index in [9.17, 15) is 19.7 Å². The molecule has 0 saturated carbocycles. The van der Waals surface area contributed by atoms with Gasteiger partial charge >= 0.3 is 0 Å². The van der Waals surface area contributed by atoms with E-state index in [1.165, 1.54) is 35.2 Å². The number of nitro benzene ring substituents is 1. The Kier molecular flexibility index (Phi) is 4.84. The minimum atomic E-state index is -0.545. The zero-order chi connectivity index (χ0) is 18.5. The first-order chi connectivity index (χ1) is 12.5. The number of aromatic nitrogens is 2. The van der Waals surface area contributed by atoms with Gasteiger partial charge in [-0.05, 0) is 29.8 Å². The smallest absolute Gasteiger partial charge is 0.269 e. The van der Waals surface area contributed by atoms with Crippen LogP contribution in [0, 0.1) is 10.1 Å². The summed E-state index contributed by atoms with van der Waals surface area (Å²) in [7, 11) is 0. The van der Waals surface area contributed by atoms with E-state index in [4.69, 9.17) is 0 Å². The van der Waals surface area contributed by atoms with E-state index >= 15 is 0 Å². The molecule has 8 heteroatoms. The van der Waals surface area contributed by atoms with Crippen LogP contribution < -0.4 is 10.9 Å². The second kappa shape index (κ2) is 7.39. The Morgan fingerprint density at radius 3 is 2.77 bits per heavy atom. The number of hydrogen-bond donors (Lipinski definition) is 1. The molecule has 1 aromatic carbocycles. The van der Waals surface area contributed by atoms with E-state index in [0.717, 1.165) is 0 Å². The van der Waals surface area contributed by atoms with Gasteiger partial charge in [0.1, 0.15) is 5.56 Å². The van der Waals surface area contributed by atoms with Crippen LogP contribution in [0.5, 0.6) is 0 Å². The van der Waals surface area contributed by atoms with Gasteiger partial charge in [-0.25, -0.2) is 0 Å². The molecule has 1 amide bonds. The molecule has 0 aliphatic rings. The lowest BCUT2D eigenvalue weighted by atomic mass is 10.2. The lowest BCUT2D eigenvalue weighted by Crippen LogP contribution is -2.29. The second-order valence-electron chi connectivity index (χ2n) is 5.48. The number of carbonyl (C=O) groups excluding carboxylic acids is 1. The van der Waals surface area contributed by atoms with Crippen LogP contribution in [-0.4, -0.2) is 20.4 Å². The van der Waals surface area contributed by atoms with Crippen LogP contribution in [0.1, 0.15) is 15.9 Å². The summed E-state index contributed by atoms with van der Waals surface area (Å²) in [6.07, 6.45) is 4.58. The minimum Gasteiger partial charge on any atom is -0.320 e. The van der Waals surface area contributed by atoms with Crippen molar-refractivity contribution in [3.8, 4) is 0 Å². The van der Waals surface area contributed by atoms with Crippen LogP contribution >= 0.6 is 0 Å². The van der Waals surface area contributed by atoms with Crippen molar-refractivity contribution < 1.29 is 9.72 Å². The summed E-state index contributed by atoms with van der Waals surface area (Å²) in [6.45, 7) is 0.120. The molecule has 0 aliphatic heterocycles. The molecule has 0 spiro atoms. The lowest BCUT2D eigenvalue weighted by molar-refractivity contribution is -0.384. The van der Waals surface area contributed by atoms with Gasteiger partial charge in [0, 0.05) is 24.5 Å². The number of nitro groups is 1. The first-order valence-corrected chi connectivity index (χ1v) is 7.69. The van der Waals surface area contributed by atoms with E-state index in [-0.39, 0.29) is 17.8 Å². The van der Waals surface area contributed by atoms with Gasteiger partial charge in [-0.15, -0.1) is 0 Å². The van der Waals surface area contributed by atoms with E-state index < -0.39 is 16.4 Å². The zero-order valence-corrected chi connectivity index (χ0v) is 13.5. The fourth-order valence-electron chi connectivity index (χ4n) is 2.43. The van der Waals surface area contributed by atoms with Crippen molar-refractivity contribution in [3.63, 3.8) is 0 Å². The van der Waals surface area contributed by atoms with Crippen molar-refractivity contribution in [3.05, 3.63) is 98.7 Å². The SMILES string of the molecule is O=C(Nc1cccnc1)c1cccn(Cc2cccc([N+](=O)[O-])c2)c1=O. The fraction of sp³-hybridized carbons (Fsp3) is 0.0556. The average Bonchev–Trinajstić information content (AvgIpc) is 2.64. The summed E-state index contributed by atoms with van der Waals surface area (Å²) in [5.74, 6) is -0.545. The highest BCUT2D eigenvalue weighted by Crippen LogP contribution is 2.14. The van der Waals surface area contributed by atoms with Crippen molar-refractivity contribution in [2.45, 2.75) is 6.54 Å². The molecule has 130 valence electrons. The van der Waals surface area contributed by atoms with Crippen LogP contribution in [0.3, 0.4) is 0 Å². The van der Waals surface area contributed by atoms with Gasteiger partial charge in [0.2, 0.25) is 0 Å². The predicted octanol–water partition coefficient (Wildman–Crippen LogP) is 2.45. The number of anilines is 1. The molecule has 0 aliphatic carbocycles. The Labute approximate surface area is 147 Å². The maximum Gasteiger partial charge on any atom is 0.269 e. The Balaban J connectivity index is 1.85. The molecule has 0 fully saturated rings. The van der Waals surface area contributed by atoms with Crippen molar-refractivity contribution in [1.82, 2.24) is 9.55 Å². The highest BCUT2D eigenvalue weighted by molar-refractivity contribution is 6.03. The molecule has 0 bridgehead atoms. The molecule has 0 unspecified atom stereocenters. The number of rotatable bonds is 5. The standard InChI is InChI=1S/C18H14N4O4/c23-17(20-14-5-2-8-19-11-14)16-7-3-9-21(18(16)24)12-13-4-1-6-15(10-13)22(25)26/h1-11H,12H2,(H,20,23). The number of benzene rings is 1. The number of non-ortho nitro benzene ring substituents is 1. The summed E-state index contributed by atoms with van der Waals surface area (Å²) < 4.78 is 1.33. The Morgan fingerprint density at radius 1 is 1.19 bits per heavy atom. The third-order valence-corrected chi connectivity index (χ3v) is 3.66. The number of hydrogen-bond acceptors (Lipinski definition) is 5. The molecule has 2 heterocycles. The molecule has 0 radical (unpaired) electrons. The van der Waals surface area contributed by atoms with E-state index in [2.05, 4.69) is 10.3 Å². The van der Waals surface area contributed by atoms with E-state index in [1.54, 1.807) is 36.5 Å². The van der Waals surface area contributed by atoms with Crippen molar-refractivity contribution >= 4 is 17.3 Å². The monoisotopic (exact) mass is 350 g/mol. The molecule has 0 atom stereocenters. The van der Waals surface area contributed by atoms with Gasteiger partial charge in [0.05, 0.1) is 23.4 Å². The Morgan fingerprint density at radius 2 is 2.04 bits per heavy atom. The summed E-state index contributed by atoms with van der Waals surface area (Å²) in [5.41, 5.74) is 0.500. The highest BCUT2D eigenvalue weighted by Gasteiger charge is 2.13. The molecule has 3 aromatic rings. The van der Waals surface area contributed by atoms with Crippen LogP contribution in [-0.2, 0) is 6.54 Å². The first kappa shape index (κ1) is 17.0. The molecule has 1 N–H and O–H groups in total. The van der Waals surface area contributed by atoms with Crippen molar-refractivity contribution in [2.75, 3.05) is 5.32 Å². The van der Waals surface area contributed by atoms with Crippen LogP contribution in [0.25, 0.3) is 0 Å². The Hall–Kier alpha value is -3.81. The largest absolute Gasteiger partial charge is 0.320 e. The minimum absolute atomic E-state index is 0.0261. The number of pyridine rings is 2. The number of nitrogens with zero attached hydrogens (tertiary/aromatic N) is 3. The summed E-state index contributed by atoms with van der Waals surface area (Å²) >= 11 is 0. The normalized spacial score (nSPS) is 10.3. The van der Waals surface area contributed by atoms with Gasteiger partial charge < -0.3 is 9.88 Å². The molecule has 26 heavy (non-hydrogen) atoms. The highest BCUT2D eigenvalue weighted by atomic mass is 16.6. The summed E-state index contributed by atoms with van der Waals surface area (Å²) in [6, 6.07) is 12.4. The maximum absolute atomic E-state index is 12.6. The second-order valence-corrected chi connectivity index (χ2v) is 5.48. The topological polar surface area (TPSA) is 107 Å². The Bertz CT molecular complexity index is 1010. The van der Waals surface area contributed by atoms with Crippen molar-refractivity contribution in [2.24, 2.45) is 0 Å². The third-order valence-electron chi connectivity index (χ3n) is 3.66. The molecule has 8 nitrogen and oxygen atoms in total. The predicted molar refractivity (Wildman–Crippen MR) is 95.1 cm³/mol. The number of carbonyl (C=O) groups is 1. The first-order valence-electron chi connectivity index (χ1n) is 7.69. The summed E-state index contributed by atoms with van der Waals surface area (Å²) in [4.78, 5) is 39.2. The van der Waals surface area contributed by atoms with Crippen LogP contribution in [0.2, 0.25) is 0 Å². The van der Waals surface area contributed by atoms with Gasteiger partial charge in [0.15, 0.2) is 0 Å². The van der Waals surface area contributed by atoms with Gasteiger partial charge in [-0.2, -0.15) is 0 Å². The fourth-order valence-corrected chi connectivity index (χ4v) is 2.43. The van der Waals surface area contributed by atoms with E-state index in [0.29, 0.717) is 11.3 Å². The molecule has 3 rings (SSSR count). The lowest BCUT2D eigenvalue weighted by Gasteiger charge is -2.09. The van der Waals surface area contributed by atoms with Crippen LogP contribution in [0.4, 0.5) is 11.4 Å². The summed E-state index contributed by atoms with van der Waals surface area (Å²) in [5, 5.41) is 13.5.